The van der Waals surface area contributed by atoms with E-state index in [1.165, 1.54) is 0 Å². The monoisotopic (exact) mass is 413 g/mol. The van der Waals surface area contributed by atoms with Gasteiger partial charge in [0.2, 0.25) is 5.91 Å². The number of hydrogen-bond donors (Lipinski definition) is 3. The van der Waals surface area contributed by atoms with Crippen LogP contribution in [0.3, 0.4) is 0 Å². The molecular formula is C25H23N3O3. The highest BCUT2D eigenvalue weighted by atomic mass is 16.5. The molecule has 0 spiro atoms. The first kappa shape index (κ1) is 20.2. The molecule has 6 heteroatoms. The van der Waals surface area contributed by atoms with Crippen molar-refractivity contribution >= 4 is 22.7 Å². The van der Waals surface area contributed by atoms with Gasteiger partial charge in [-0.1, -0.05) is 66.7 Å². The van der Waals surface area contributed by atoms with Gasteiger partial charge >= 0.3 is 0 Å². The Labute approximate surface area is 180 Å². The van der Waals surface area contributed by atoms with E-state index >= 15 is 0 Å². The van der Waals surface area contributed by atoms with Crippen LogP contribution in [0.2, 0.25) is 0 Å². The van der Waals surface area contributed by atoms with E-state index in [4.69, 9.17) is 4.74 Å². The van der Waals surface area contributed by atoms with Gasteiger partial charge in [-0.15, -0.1) is 0 Å². The Morgan fingerprint density at radius 3 is 2.35 bits per heavy atom. The third-order valence-corrected chi connectivity index (χ3v) is 4.94. The van der Waals surface area contributed by atoms with Gasteiger partial charge in [0.1, 0.15) is 5.75 Å². The minimum absolute atomic E-state index is 0.158. The van der Waals surface area contributed by atoms with Crippen LogP contribution in [-0.2, 0) is 22.4 Å². The number of benzene rings is 3. The Kier molecular flexibility index (Phi) is 6.28. The number of ether oxygens (including phenoxy) is 1. The topological polar surface area (TPSA) is 83.2 Å². The number of carbonyl (C=O) groups excluding carboxylic acids is 2. The number of aromatic nitrogens is 1. The SMILES string of the molecule is O=C(COc1ccccc1Cc1ccccc1)NNC(=O)Cc1c[nH]c2ccccc12. The zero-order valence-electron chi connectivity index (χ0n) is 16.9. The van der Waals surface area contributed by atoms with Crippen molar-refractivity contribution in [1.82, 2.24) is 15.8 Å². The first-order valence-electron chi connectivity index (χ1n) is 10.1. The maximum Gasteiger partial charge on any atom is 0.276 e. The Hall–Kier alpha value is -4.06. The van der Waals surface area contributed by atoms with E-state index in [1.54, 1.807) is 6.20 Å². The summed E-state index contributed by atoms with van der Waals surface area (Å²) in [6, 6.07) is 25.4. The number of hydrogen-bond acceptors (Lipinski definition) is 3. The van der Waals surface area contributed by atoms with Crippen LogP contribution in [0.1, 0.15) is 16.7 Å². The van der Waals surface area contributed by atoms with Crippen molar-refractivity contribution in [2.24, 2.45) is 0 Å². The minimum atomic E-state index is -0.429. The molecule has 0 radical (unpaired) electrons. The summed E-state index contributed by atoms with van der Waals surface area (Å²) in [5.74, 6) is -0.0870. The smallest absolute Gasteiger partial charge is 0.276 e. The lowest BCUT2D eigenvalue weighted by molar-refractivity contribution is -0.129. The summed E-state index contributed by atoms with van der Waals surface area (Å²) >= 11 is 0. The molecule has 0 aliphatic carbocycles. The van der Waals surface area contributed by atoms with Crippen molar-refractivity contribution in [3.63, 3.8) is 0 Å². The van der Waals surface area contributed by atoms with E-state index in [0.717, 1.165) is 27.6 Å². The van der Waals surface area contributed by atoms with E-state index in [-0.39, 0.29) is 18.9 Å². The molecule has 6 nitrogen and oxygen atoms in total. The van der Waals surface area contributed by atoms with Gasteiger partial charge in [0.25, 0.3) is 5.91 Å². The molecule has 0 fully saturated rings. The number of hydrazine groups is 1. The lowest BCUT2D eigenvalue weighted by Gasteiger charge is -2.12. The summed E-state index contributed by atoms with van der Waals surface area (Å²) in [7, 11) is 0. The van der Waals surface area contributed by atoms with Gasteiger partial charge in [0.15, 0.2) is 6.61 Å². The summed E-state index contributed by atoms with van der Waals surface area (Å²) < 4.78 is 5.70. The van der Waals surface area contributed by atoms with E-state index in [0.29, 0.717) is 12.2 Å². The van der Waals surface area contributed by atoms with Crippen LogP contribution >= 0.6 is 0 Å². The highest BCUT2D eigenvalue weighted by Crippen LogP contribution is 2.21. The molecule has 1 aromatic heterocycles. The average Bonchev–Trinajstić information content (AvgIpc) is 3.20. The standard InChI is InChI=1S/C25H23N3O3/c29-24(15-20-16-26-22-12-6-5-11-21(20)22)27-28-25(30)17-31-23-13-7-4-10-19(23)14-18-8-2-1-3-9-18/h1-13,16,26H,14-15,17H2,(H,27,29)(H,28,30). The molecule has 0 atom stereocenters. The first-order chi connectivity index (χ1) is 15.2. The lowest BCUT2D eigenvalue weighted by Crippen LogP contribution is -2.44. The second-order valence-corrected chi connectivity index (χ2v) is 7.19. The number of aromatic amines is 1. The fourth-order valence-electron chi connectivity index (χ4n) is 3.42. The number of rotatable bonds is 7. The number of H-pyrrole nitrogens is 1. The Bertz CT molecular complexity index is 1180. The van der Waals surface area contributed by atoms with Gasteiger partial charge in [-0.25, -0.2) is 0 Å². The van der Waals surface area contributed by atoms with Crippen molar-refractivity contribution in [3.05, 3.63) is 102 Å². The van der Waals surface area contributed by atoms with E-state index in [9.17, 15) is 9.59 Å². The molecule has 3 aromatic carbocycles. The van der Waals surface area contributed by atoms with Crippen LogP contribution in [0.25, 0.3) is 10.9 Å². The summed E-state index contributed by atoms with van der Waals surface area (Å²) in [4.78, 5) is 27.5. The largest absolute Gasteiger partial charge is 0.483 e. The van der Waals surface area contributed by atoms with Gasteiger partial charge in [0, 0.05) is 23.5 Å². The Morgan fingerprint density at radius 1 is 0.774 bits per heavy atom. The molecular weight excluding hydrogens is 390 g/mol. The third kappa shape index (κ3) is 5.30. The predicted molar refractivity (Wildman–Crippen MR) is 119 cm³/mol. The van der Waals surface area contributed by atoms with Gasteiger partial charge in [0.05, 0.1) is 6.42 Å². The van der Waals surface area contributed by atoms with Crippen molar-refractivity contribution in [2.75, 3.05) is 6.61 Å². The minimum Gasteiger partial charge on any atom is -0.483 e. The maximum atomic E-state index is 12.2. The molecule has 0 aliphatic rings. The molecule has 156 valence electrons. The summed E-state index contributed by atoms with van der Waals surface area (Å²) in [5, 5.41) is 0.988. The number of fused-ring (bicyclic) bond motifs is 1. The molecule has 4 aromatic rings. The molecule has 0 unspecified atom stereocenters. The molecule has 0 bridgehead atoms. The predicted octanol–water partition coefficient (Wildman–Crippen LogP) is 3.53. The molecule has 2 amide bonds. The van der Waals surface area contributed by atoms with Crippen LogP contribution in [-0.4, -0.2) is 23.4 Å². The van der Waals surface area contributed by atoms with E-state index < -0.39 is 5.91 Å². The van der Waals surface area contributed by atoms with Gasteiger partial charge < -0.3 is 9.72 Å². The van der Waals surface area contributed by atoms with Crippen LogP contribution < -0.4 is 15.6 Å². The zero-order chi connectivity index (χ0) is 21.5. The zero-order valence-corrected chi connectivity index (χ0v) is 16.9. The van der Waals surface area contributed by atoms with Crippen molar-refractivity contribution in [3.8, 4) is 5.75 Å². The van der Waals surface area contributed by atoms with E-state index in [2.05, 4.69) is 15.8 Å². The molecule has 0 saturated heterocycles. The number of para-hydroxylation sites is 2. The molecule has 31 heavy (non-hydrogen) atoms. The van der Waals surface area contributed by atoms with Crippen molar-refractivity contribution in [1.29, 1.82) is 0 Å². The Morgan fingerprint density at radius 2 is 1.48 bits per heavy atom. The molecule has 1 heterocycles. The fourth-order valence-corrected chi connectivity index (χ4v) is 3.42. The summed E-state index contributed by atoms with van der Waals surface area (Å²) in [6.07, 6.45) is 2.67. The average molecular weight is 413 g/mol. The molecule has 0 aliphatic heterocycles. The Balaban J connectivity index is 1.27. The lowest BCUT2D eigenvalue weighted by atomic mass is 10.0. The van der Waals surface area contributed by atoms with Gasteiger partial charge in [-0.2, -0.15) is 0 Å². The fraction of sp³-hybridized carbons (Fsp3) is 0.120. The maximum absolute atomic E-state index is 12.2. The van der Waals surface area contributed by atoms with Crippen molar-refractivity contribution in [2.45, 2.75) is 12.8 Å². The summed E-state index contributed by atoms with van der Waals surface area (Å²) in [5.41, 5.74) is 8.84. The van der Waals surface area contributed by atoms with E-state index in [1.807, 2.05) is 78.9 Å². The molecule has 0 saturated carbocycles. The second-order valence-electron chi connectivity index (χ2n) is 7.19. The van der Waals surface area contributed by atoms with Gasteiger partial charge in [-0.3, -0.25) is 20.4 Å². The highest BCUT2D eigenvalue weighted by molar-refractivity contribution is 5.89. The number of amides is 2. The van der Waals surface area contributed by atoms with Crippen molar-refractivity contribution < 1.29 is 14.3 Å². The van der Waals surface area contributed by atoms with Crippen LogP contribution in [0, 0.1) is 0 Å². The quantitative estimate of drug-likeness (QED) is 0.405. The first-order valence-corrected chi connectivity index (χ1v) is 10.1. The molecule has 4 rings (SSSR count). The van der Waals surface area contributed by atoms with Crippen LogP contribution in [0.4, 0.5) is 0 Å². The normalized spacial score (nSPS) is 10.6. The summed E-state index contributed by atoms with van der Waals surface area (Å²) in [6.45, 7) is -0.195. The number of carbonyl (C=O) groups is 2. The van der Waals surface area contributed by atoms with Crippen LogP contribution in [0.15, 0.2) is 85.1 Å². The molecule has 3 N–H and O–H groups in total. The van der Waals surface area contributed by atoms with Gasteiger partial charge in [-0.05, 0) is 28.8 Å². The third-order valence-electron chi connectivity index (χ3n) is 4.94. The van der Waals surface area contributed by atoms with Crippen LogP contribution in [0.5, 0.6) is 5.75 Å². The second kappa shape index (κ2) is 9.63. The highest BCUT2D eigenvalue weighted by Gasteiger charge is 2.11. The number of nitrogens with one attached hydrogen (secondary N) is 3.